The van der Waals surface area contributed by atoms with Crippen LogP contribution in [-0.4, -0.2) is 23.2 Å². The third-order valence-electron chi connectivity index (χ3n) is 1.38. The molecule has 1 heterocycles. The average molecular weight is 273 g/mol. The van der Waals surface area contributed by atoms with Crippen molar-refractivity contribution in [2.24, 2.45) is 4.99 Å². The quantitative estimate of drug-likeness (QED) is 0.471. The molecule has 0 N–H and O–H groups in total. The van der Waals surface area contributed by atoms with Crippen molar-refractivity contribution in [1.82, 2.24) is 4.98 Å². The van der Waals surface area contributed by atoms with Gasteiger partial charge in [0.05, 0.1) is 12.3 Å². The first-order valence-electron chi connectivity index (χ1n) is 3.50. The zero-order valence-corrected chi connectivity index (χ0v) is 9.55. The highest BCUT2D eigenvalue weighted by Gasteiger charge is 2.13. The van der Waals surface area contributed by atoms with E-state index in [2.05, 4.69) is 48.0 Å². The highest BCUT2D eigenvalue weighted by Crippen LogP contribution is 2.21. The molecule has 0 unspecified atom stereocenters. The molecule has 0 aromatic carbocycles. The summed E-state index contributed by atoms with van der Waals surface area (Å²) < 4.78 is 5.23. The molecule has 0 aliphatic rings. The van der Waals surface area contributed by atoms with Gasteiger partial charge < -0.3 is 4.74 Å². The van der Waals surface area contributed by atoms with Crippen LogP contribution >= 0.6 is 28.1 Å². The van der Waals surface area contributed by atoms with E-state index in [0.717, 1.165) is 0 Å². The summed E-state index contributed by atoms with van der Waals surface area (Å²) >= 11 is 7.65. The van der Waals surface area contributed by atoms with Crippen LogP contribution in [0.4, 0.5) is 5.69 Å². The Labute approximate surface area is 94.1 Å². The van der Waals surface area contributed by atoms with Crippen molar-refractivity contribution < 1.29 is 9.53 Å². The molecule has 0 saturated heterocycles. The van der Waals surface area contributed by atoms with E-state index in [9.17, 15) is 4.79 Å². The number of methoxy groups -OCH3 is 1. The van der Waals surface area contributed by atoms with Crippen molar-refractivity contribution in [1.29, 1.82) is 0 Å². The van der Waals surface area contributed by atoms with Crippen LogP contribution in [0.3, 0.4) is 0 Å². The van der Waals surface area contributed by atoms with Gasteiger partial charge in [-0.25, -0.2) is 9.78 Å². The fraction of sp³-hybridized carbons (Fsp3) is 0.125. The zero-order valence-electron chi connectivity index (χ0n) is 7.15. The van der Waals surface area contributed by atoms with Gasteiger partial charge >= 0.3 is 5.97 Å². The number of rotatable bonds is 2. The molecule has 0 saturated carbocycles. The Kier molecular flexibility index (Phi) is 3.88. The number of aliphatic imine (C=N–C) groups is 1. The standard InChI is InChI=1S/C8H5BrN2O2S/c1-13-8(12)7-6(11-4-14)2-5(9)3-10-7/h2-3H,1H3. The third-order valence-corrected chi connectivity index (χ3v) is 1.90. The Balaban J connectivity index is 3.28. The maximum Gasteiger partial charge on any atom is 0.358 e. The van der Waals surface area contributed by atoms with E-state index in [1.54, 1.807) is 6.07 Å². The van der Waals surface area contributed by atoms with Crippen molar-refractivity contribution in [3.05, 3.63) is 22.4 Å². The molecule has 0 spiro atoms. The highest BCUT2D eigenvalue weighted by atomic mass is 79.9. The number of pyridine rings is 1. The lowest BCUT2D eigenvalue weighted by Crippen LogP contribution is -2.04. The first-order valence-corrected chi connectivity index (χ1v) is 4.71. The topological polar surface area (TPSA) is 51.5 Å². The van der Waals surface area contributed by atoms with Gasteiger partial charge in [0.15, 0.2) is 5.69 Å². The lowest BCUT2D eigenvalue weighted by atomic mass is 10.3. The molecule has 1 aromatic rings. The number of isothiocyanates is 1. The number of nitrogens with zero attached hydrogens (tertiary/aromatic N) is 2. The van der Waals surface area contributed by atoms with Crippen LogP contribution in [0.5, 0.6) is 0 Å². The van der Waals surface area contributed by atoms with Crippen molar-refractivity contribution in [3.63, 3.8) is 0 Å². The van der Waals surface area contributed by atoms with Crippen LogP contribution in [0.25, 0.3) is 0 Å². The van der Waals surface area contributed by atoms with E-state index in [-0.39, 0.29) is 5.69 Å². The largest absolute Gasteiger partial charge is 0.464 e. The Bertz CT molecular complexity index is 416. The Morgan fingerprint density at radius 1 is 1.79 bits per heavy atom. The molecule has 14 heavy (non-hydrogen) atoms. The van der Waals surface area contributed by atoms with Gasteiger partial charge in [-0.2, -0.15) is 4.99 Å². The highest BCUT2D eigenvalue weighted by molar-refractivity contribution is 9.10. The smallest absolute Gasteiger partial charge is 0.358 e. The van der Waals surface area contributed by atoms with Crippen LogP contribution in [-0.2, 0) is 4.74 Å². The van der Waals surface area contributed by atoms with Crippen molar-refractivity contribution >= 4 is 45.0 Å². The summed E-state index contributed by atoms with van der Waals surface area (Å²) in [4.78, 5) is 18.8. The van der Waals surface area contributed by atoms with Gasteiger partial charge in [-0.05, 0) is 34.2 Å². The Morgan fingerprint density at radius 2 is 2.50 bits per heavy atom. The van der Waals surface area contributed by atoms with E-state index in [1.807, 2.05) is 0 Å². The lowest BCUT2D eigenvalue weighted by Gasteiger charge is -2.01. The summed E-state index contributed by atoms with van der Waals surface area (Å²) in [6.07, 6.45) is 1.48. The van der Waals surface area contributed by atoms with Gasteiger partial charge in [0, 0.05) is 10.7 Å². The van der Waals surface area contributed by atoms with Gasteiger partial charge in [-0.1, -0.05) is 0 Å². The fourth-order valence-electron chi connectivity index (χ4n) is 0.817. The minimum atomic E-state index is -0.554. The van der Waals surface area contributed by atoms with E-state index < -0.39 is 5.97 Å². The Hall–Kier alpha value is -1.10. The first-order chi connectivity index (χ1) is 6.69. The van der Waals surface area contributed by atoms with Crippen molar-refractivity contribution in [3.8, 4) is 0 Å². The van der Waals surface area contributed by atoms with Crippen molar-refractivity contribution in [2.45, 2.75) is 0 Å². The molecule has 0 amide bonds. The minimum Gasteiger partial charge on any atom is -0.464 e. The molecular weight excluding hydrogens is 268 g/mol. The number of halogens is 1. The average Bonchev–Trinajstić information content (AvgIpc) is 2.17. The normalized spacial score (nSPS) is 9.00. The summed E-state index contributed by atoms with van der Waals surface area (Å²) in [7, 11) is 1.27. The second-order valence-electron chi connectivity index (χ2n) is 2.22. The number of esters is 1. The van der Waals surface area contributed by atoms with Crippen LogP contribution in [0.15, 0.2) is 21.7 Å². The fourth-order valence-corrected chi connectivity index (χ4v) is 1.23. The van der Waals surface area contributed by atoms with Crippen LogP contribution in [0.1, 0.15) is 10.5 Å². The van der Waals surface area contributed by atoms with E-state index in [1.165, 1.54) is 13.3 Å². The van der Waals surface area contributed by atoms with Crippen LogP contribution in [0, 0.1) is 0 Å². The number of hydrogen-bond donors (Lipinski definition) is 0. The summed E-state index contributed by atoms with van der Waals surface area (Å²) in [5, 5.41) is 2.17. The predicted molar refractivity (Wildman–Crippen MR) is 58.0 cm³/mol. The molecule has 0 fully saturated rings. The molecule has 0 aliphatic carbocycles. The molecule has 6 heteroatoms. The summed E-state index contributed by atoms with van der Waals surface area (Å²) in [6.45, 7) is 0. The molecular formula is C8H5BrN2O2S. The molecule has 1 aromatic heterocycles. The van der Waals surface area contributed by atoms with Crippen LogP contribution < -0.4 is 0 Å². The maximum atomic E-state index is 11.2. The molecule has 1 rings (SSSR count). The second-order valence-corrected chi connectivity index (χ2v) is 3.31. The van der Waals surface area contributed by atoms with Gasteiger partial charge in [0.25, 0.3) is 0 Å². The molecule has 0 atom stereocenters. The Morgan fingerprint density at radius 3 is 3.07 bits per heavy atom. The number of aromatic nitrogens is 1. The van der Waals surface area contributed by atoms with E-state index >= 15 is 0 Å². The molecule has 72 valence electrons. The molecule has 0 radical (unpaired) electrons. The number of hydrogen-bond acceptors (Lipinski definition) is 5. The first kappa shape index (κ1) is 11.0. The van der Waals surface area contributed by atoms with Gasteiger partial charge in [0.1, 0.15) is 5.69 Å². The van der Waals surface area contributed by atoms with Gasteiger partial charge in [-0.15, -0.1) is 0 Å². The summed E-state index contributed by atoms with van der Waals surface area (Å²) in [6, 6.07) is 1.61. The summed E-state index contributed by atoms with van der Waals surface area (Å²) in [5.41, 5.74) is 0.453. The number of thiocarbonyl (C=S) groups is 1. The maximum absolute atomic E-state index is 11.2. The second kappa shape index (κ2) is 4.95. The monoisotopic (exact) mass is 272 g/mol. The molecule has 4 nitrogen and oxygen atoms in total. The van der Waals surface area contributed by atoms with Crippen LogP contribution in [0.2, 0.25) is 0 Å². The minimum absolute atomic E-state index is 0.119. The van der Waals surface area contributed by atoms with E-state index in [4.69, 9.17) is 0 Å². The number of ether oxygens (including phenoxy) is 1. The van der Waals surface area contributed by atoms with E-state index in [0.29, 0.717) is 10.2 Å². The lowest BCUT2D eigenvalue weighted by molar-refractivity contribution is 0.0595. The van der Waals surface area contributed by atoms with Crippen molar-refractivity contribution in [2.75, 3.05) is 7.11 Å². The number of carbonyl (C=O) groups excluding carboxylic acids is 1. The molecule has 0 bridgehead atoms. The zero-order chi connectivity index (χ0) is 10.6. The molecule has 0 aliphatic heterocycles. The SMILES string of the molecule is COC(=O)c1ncc(Br)cc1N=C=S. The van der Waals surface area contributed by atoms with Gasteiger partial charge in [-0.3, -0.25) is 0 Å². The third kappa shape index (κ3) is 2.45. The summed E-state index contributed by atoms with van der Waals surface area (Å²) in [5.74, 6) is -0.554. The van der Waals surface area contributed by atoms with Gasteiger partial charge in [0.2, 0.25) is 0 Å². The number of carbonyl (C=O) groups is 1. The predicted octanol–water partition coefficient (Wildman–Crippen LogP) is 2.37.